The summed E-state index contributed by atoms with van der Waals surface area (Å²) >= 11 is 3.52. The first-order chi connectivity index (χ1) is 7.08. The summed E-state index contributed by atoms with van der Waals surface area (Å²) in [5.74, 6) is 1.67. The van der Waals surface area contributed by atoms with Crippen molar-refractivity contribution in [3.63, 3.8) is 0 Å². The number of rotatable bonds is 4. The molecule has 0 aromatic heterocycles. The highest BCUT2D eigenvalue weighted by molar-refractivity contribution is 9.09. The van der Waals surface area contributed by atoms with E-state index in [1.54, 1.807) is 7.11 Å². The van der Waals surface area contributed by atoms with Gasteiger partial charge in [-0.2, -0.15) is 0 Å². The van der Waals surface area contributed by atoms with Crippen LogP contribution < -0.4 is 4.74 Å². The van der Waals surface area contributed by atoms with Crippen molar-refractivity contribution in [2.45, 2.75) is 27.2 Å². The summed E-state index contributed by atoms with van der Waals surface area (Å²) in [5, 5.41) is 1.03. The van der Waals surface area contributed by atoms with Crippen LogP contribution in [0.5, 0.6) is 5.75 Å². The van der Waals surface area contributed by atoms with Crippen LogP contribution in [-0.2, 0) is 6.42 Å². The van der Waals surface area contributed by atoms with E-state index in [4.69, 9.17) is 4.74 Å². The van der Waals surface area contributed by atoms with Crippen LogP contribution in [-0.4, -0.2) is 12.4 Å². The van der Waals surface area contributed by atoms with Crippen LogP contribution in [0.3, 0.4) is 0 Å². The third-order valence-electron chi connectivity index (χ3n) is 2.61. The van der Waals surface area contributed by atoms with Crippen molar-refractivity contribution < 1.29 is 4.74 Å². The van der Waals surface area contributed by atoms with Gasteiger partial charge in [-0.3, -0.25) is 0 Å². The topological polar surface area (TPSA) is 9.23 Å². The number of aryl methyl sites for hydroxylation is 2. The third-order valence-corrected chi connectivity index (χ3v) is 3.72. The van der Waals surface area contributed by atoms with Gasteiger partial charge in [-0.1, -0.05) is 28.9 Å². The average molecular weight is 271 g/mol. The van der Waals surface area contributed by atoms with Crippen molar-refractivity contribution in [2.75, 3.05) is 12.4 Å². The molecule has 15 heavy (non-hydrogen) atoms. The number of hydrogen-bond acceptors (Lipinski definition) is 1. The van der Waals surface area contributed by atoms with Crippen LogP contribution in [0.4, 0.5) is 0 Å². The Kier molecular flexibility index (Phi) is 4.65. The molecule has 0 radical (unpaired) electrons. The number of ether oxygens (including phenoxy) is 1. The summed E-state index contributed by atoms with van der Waals surface area (Å²) < 4.78 is 5.44. The Bertz CT molecular complexity index is 334. The normalized spacial score (nSPS) is 12.6. The Balaban J connectivity index is 3.04. The van der Waals surface area contributed by atoms with E-state index in [1.165, 1.54) is 16.7 Å². The van der Waals surface area contributed by atoms with E-state index in [2.05, 4.69) is 48.8 Å². The molecule has 1 unspecified atom stereocenters. The summed E-state index contributed by atoms with van der Waals surface area (Å²) in [5.41, 5.74) is 3.94. The Morgan fingerprint density at radius 2 is 2.00 bits per heavy atom. The van der Waals surface area contributed by atoms with Crippen molar-refractivity contribution in [3.8, 4) is 5.75 Å². The van der Waals surface area contributed by atoms with E-state index in [0.717, 1.165) is 17.5 Å². The lowest BCUT2D eigenvalue weighted by molar-refractivity contribution is 0.406. The molecule has 0 N–H and O–H groups in total. The van der Waals surface area contributed by atoms with Crippen molar-refractivity contribution in [1.82, 2.24) is 0 Å². The lowest BCUT2D eigenvalue weighted by Gasteiger charge is -2.15. The summed E-state index contributed by atoms with van der Waals surface area (Å²) in [6, 6.07) is 4.34. The van der Waals surface area contributed by atoms with Gasteiger partial charge in [0.1, 0.15) is 5.75 Å². The second-order valence-electron chi connectivity index (χ2n) is 4.23. The van der Waals surface area contributed by atoms with Crippen LogP contribution >= 0.6 is 15.9 Å². The van der Waals surface area contributed by atoms with Crippen molar-refractivity contribution in [1.29, 1.82) is 0 Å². The highest BCUT2D eigenvalue weighted by Crippen LogP contribution is 2.27. The first-order valence-electron chi connectivity index (χ1n) is 5.28. The molecule has 0 bridgehead atoms. The van der Waals surface area contributed by atoms with E-state index in [-0.39, 0.29) is 0 Å². The quantitative estimate of drug-likeness (QED) is 0.755. The van der Waals surface area contributed by atoms with E-state index in [0.29, 0.717) is 5.92 Å². The standard InChI is InChI=1S/C13H19BrO/c1-9-5-11(3)12(6-10(2)8-14)13(7-9)15-4/h5,7,10H,6,8H2,1-4H3. The largest absolute Gasteiger partial charge is 0.496 e. The van der Waals surface area contributed by atoms with Crippen molar-refractivity contribution in [3.05, 3.63) is 28.8 Å². The zero-order chi connectivity index (χ0) is 11.4. The predicted octanol–water partition coefficient (Wildman–Crippen LogP) is 3.89. The fourth-order valence-electron chi connectivity index (χ4n) is 1.81. The number of alkyl halides is 1. The fraction of sp³-hybridized carbons (Fsp3) is 0.538. The molecule has 0 heterocycles. The lowest BCUT2D eigenvalue weighted by atomic mass is 9.96. The number of halogens is 1. The molecule has 0 saturated heterocycles. The van der Waals surface area contributed by atoms with Gasteiger partial charge in [0.2, 0.25) is 0 Å². The molecule has 1 aromatic carbocycles. The summed E-state index contributed by atoms with van der Waals surface area (Å²) in [4.78, 5) is 0. The van der Waals surface area contributed by atoms with Gasteiger partial charge in [0.25, 0.3) is 0 Å². The number of hydrogen-bond donors (Lipinski definition) is 0. The zero-order valence-electron chi connectivity index (χ0n) is 9.93. The van der Waals surface area contributed by atoms with Gasteiger partial charge >= 0.3 is 0 Å². The van der Waals surface area contributed by atoms with Gasteiger partial charge in [0, 0.05) is 5.33 Å². The molecule has 0 amide bonds. The minimum absolute atomic E-state index is 0.639. The third kappa shape index (κ3) is 3.23. The highest BCUT2D eigenvalue weighted by atomic mass is 79.9. The van der Waals surface area contributed by atoms with Crippen molar-refractivity contribution in [2.24, 2.45) is 5.92 Å². The lowest BCUT2D eigenvalue weighted by Crippen LogP contribution is -2.05. The van der Waals surface area contributed by atoms with Crippen molar-refractivity contribution >= 4 is 15.9 Å². The molecule has 2 heteroatoms. The molecule has 0 aliphatic heterocycles. The summed E-state index contributed by atoms with van der Waals surface area (Å²) in [6.07, 6.45) is 1.07. The maximum atomic E-state index is 5.44. The molecule has 1 aromatic rings. The minimum atomic E-state index is 0.639. The number of methoxy groups -OCH3 is 1. The molecule has 1 rings (SSSR count). The fourth-order valence-corrected chi connectivity index (χ4v) is 2.03. The van der Waals surface area contributed by atoms with Gasteiger partial charge in [-0.25, -0.2) is 0 Å². The monoisotopic (exact) mass is 270 g/mol. The highest BCUT2D eigenvalue weighted by Gasteiger charge is 2.10. The van der Waals surface area contributed by atoms with Gasteiger partial charge in [0.15, 0.2) is 0 Å². The molecule has 84 valence electrons. The van der Waals surface area contributed by atoms with Gasteiger partial charge in [0.05, 0.1) is 7.11 Å². The van der Waals surface area contributed by atoms with Crippen LogP contribution in [0, 0.1) is 19.8 Å². The molecule has 0 spiro atoms. The van der Waals surface area contributed by atoms with Crippen LogP contribution in [0.1, 0.15) is 23.6 Å². The maximum Gasteiger partial charge on any atom is 0.122 e. The van der Waals surface area contributed by atoms with Crippen LogP contribution in [0.15, 0.2) is 12.1 Å². The Labute approximate surface area is 101 Å². The molecule has 0 aliphatic carbocycles. The molecule has 0 fully saturated rings. The van der Waals surface area contributed by atoms with Gasteiger partial charge in [-0.15, -0.1) is 0 Å². The van der Waals surface area contributed by atoms with Crippen LogP contribution in [0.25, 0.3) is 0 Å². The molecule has 1 nitrogen and oxygen atoms in total. The molecular weight excluding hydrogens is 252 g/mol. The smallest absolute Gasteiger partial charge is 0.122 e. The molecular formula is C13H19BrO. The Morgan fingerprint density at radius 3 is 2.53 bits per heavy atom. The predicted molar refractivity (Wildman–Crippen MR) is 69.1 cm³/mol. The summed E-state index contributed by atoms with van der Waals surface area (Å²) in [6.45, 7) is 6.51. The Hall–Kier alpha value is -0.500. The second kappa shape index (κ2) is 5.55. The molecule has 0 saturated carbocycles. The van der Waals surface area contributed by atoms with Gasteiger partial charge < -0.3 is 4.74 Å². The SMILES string of the molecule is COc1cc(C)cc(C)c1CC(C)CBr. The zero-order valence-corrected chi connectivity index (χ0v) is 11.5. The number of benzene rings is 1. The van der Waals surface area contributed by atoms with E-state index < -0.39 is 0 Å². The average Bonchev–Trinajstić information content (AvgIpc) is 2.21. The minimum Gasteiger partial charge on any atom is -0.496 e. The van der Waals surface area contributed by atoms with E-state index >= 15 is 0 Å². The second-order valence-corrected chi connectivity index (χ2v) is 4.87. The van der Waals surface area contributed by atoms with Crippen LogP contribution in [0.2, 0.25) is 0 Å². The van der Waals surface area contributed by atoms with E-state index in [1.807, 2.05) is 0 Å². The van der Waals surface area contributed by atoms with E-state index in [9.17, 15) is 0 Å². The maximum absolute atomic E-state index is 5.44. The molecule has 1 atom stereocenters. The Morgan fingerprint density at radius 1 is 1.33 bits per heavy atom. The first-order valence-corrected chi connectivity index (χ1v) is 6.40. The van der Waals surface area contributed by atoms with Gasteiger partial charge in [-0.05, 0) is 48.9 Å². The summed E-state index contributed by atoms with van der Waals surface area (Å²) in [7, 11) is 1.75. The molecule has 0 aliphatic rings. The first kappa shape index (κ1) is 12.6.